The van der Waals surface area contributed by atoms with Gasteiger partial charge >= 0.3 is 0 Å². The maximum Gasteiger partial charge on any atom is 0.227 e. The van der Waals surface area contributed by atoms with Crippen LogP contribution in [0.2, 0.25) is 0 Å². The maximum atomic E-state index is 12.7. The summed E-state index contributed by atoms with van der Waals surface area (Å²) in [7, 11) is -3.08. The first kappa shape index (κ1) is 19.7. The lowest BCUT2D eigenvalue weighted by Crippen LogP contribution is -2.59. The molecule has 2 fully saturated rings. The van der Waals surface area contributed by atoms with Crippen molar-refractivity contribution >= 4 is 27.5 Å². The average Bonchev–Trinajstić information content (AvgIpc) is 2.55. The summed E-state index contributed by atoms with van der Waals surface area (Å²) >= 11 is 1.80. The van der Waals surface area contributed by atoms with Crippen molar-refractivity contribution in [2.24, 2.45) is 0 Å². The molecule has 1 saturated heterocycles. The van der Waals surface area contributed by atoms with Crippen molar-refractivity contribution in [1.82, 2.24) is 4.90 Å². The second-order valence-electron chi connectivity index (χ2n) is 7.76. The highest BCUT2D eigenvalue weighted by Gasteiger charge is 2.43. The van der Waals surface area contributed by atoms with Gasteiger partial charge in [-0.3, -0.25) is 4.79 Å². The molecule has 26 heavy (non-hydrogen) atoms. The Kier molecular flexibility index (Phi) is 6.33. The zero-order valence-corrected chi connectivity index (χ0v) is 17.3. The van der Waals surface area contributed by atoms with E-state index in [1.807, 2.05) is 12.1 Å². The Balaban J connectivity index is 1.50. The molecule has 3 rings (SSSR count). The Bertz CT molecular complexity index is 716. The molecule has 4 nitrogen and oxygen atoms in total. The van der Waals surface area contributed by atoms with E-state index in [0.29, 0.717) is 24.8 Å². The monoisotopic (exact) mass is 395 g/mol. The standard InChI is InChI=1S/C20H29NO3S2/c1-15(2)25-17-10-8-16(9-11-17)12-20(22)21-13-19(14-21)26(23,24)18-6-4-3-5-7-18/h8-11,15,18-19H,3-7,12-14H2,1-2H3. The number of rotatable bonds is 6. The Morgan fingerprint density at radius 3 is 2.27 bits per heavy atom. The van der Waals surface area contributed by atoms with Gasteiger partial charge in [0.05, 0.1) is 16.9 Å². The fraction of sp³-hybridized carbons (Fsp3) is 0.650. The predicted molar refractivity (Wildman–Crippen MR) is 107 cm³/mol. The Hall–Kier alpha value is -1.01. The van der Waals surface area contributed by atoms with Crippen molar-refractivity contribution in [3.8, 4) is 0 Å². The minimum absolute atomic E-state index is 0.0318. The normalized spacial score (nSPS) is 19.6. The minimum Gasteiger partial charge on any atom is -0.340 e. The van der Waals surface area contributed by atoms with Crippen LogP contribution < -0.4 is 0 Å². The van der Waals surface area contributed by atoms with Gasteiger partial charge in [-0.25, -0.2) is 8.42 Å². The molecule has 1 heterocycles. The number of hydrogen-bond acceptors (Lipinski definition) is 4. The van der Waals surface area contributed by atoms with Crippen LogP contribution in [0.1, 0.15) is 51.5 Å². The minimum atomic E-state index is -3.08. The van der Waals surface area contributed by atoms with Gasteiger partial charge in [-0.05, 0) is 30.5 Å². The van der Waals surface area contributed by atoms with Crippen LogP contribution in [0, 0.1) is 0 Å². The molecule has 1 saturated carbocycles. The summed E-state index contributed by atoms with van der Waals surface area (Å²) in [6.07, 6.45) is 5.13. The summed E-state index contributed by atoms with van der Waals surface area (Å²) in [6.45, 7) is 5.06. The highest BCUT2D eigenvalue weighted by molar-refractivity contribution is 7.99. The fourth-order valence-corrected chi connectivity index (χ4v) is 6.91. The van der Waals surface area contributed by atoms with Gasteiger partial charge in [-0.1, -0.05) is 45.2 Å². The van der Waals surface area contributed by atoms with Crippen LogP contribution in [0.25, 0.3) is 0 Å². The first-order chi connectivity index (χ1) is 12.4. The molecule has 1 aromatic rings. The SMILES string of the molecule is CC(C)Sc1ccc(CC(=O)N2CC(S(=O)(=O)C3CCCCC3)C2)cc1. The molecule has 0 N–H and O–H groups in total. The van der Waals surface area contributed by atoms with Crippen molar-refractivity contribution in [3.63, 3.8) is 0 Å². The van der Waals surface area contributed by atoms with Crippen LogP contribution >= 0.6 is 11.8 Å². The van der Waals surface area contributed by atoms with E-state index >= 15 is 0 Å². The van der Waals surface area contributed by atoms with Crippen molar-refractivity contribution in [1.29, 1.82) is 0 Å². The van der Waals surface area contributed by atoms with Gasteiger partial charge in [-0.2, -0.15) is 0 Å². The van der Waals surface area contributed by atoms with Crippen LogP contribution in [-0.4, -0.2) is 48.1 Å². The van der Waals surface area contributed by atoms with E-state index in [2.05, 4.69) is 26.0 Å². The first-order valence-electron chi connectivity index (χ1n) is 9.62. The summed E-state index contributed by atoms with van der Waals surface area (Å²) in [5, 5.41) is 0.00971. The second-order valence-corrected chi connectivity index (χ2v) is 11.9. The zero-order chi connectivity index (χ0) is 18.7. The number of hydrogen-bond donors (Lipinski definition) is 0. The summed E-state index contributed by atoms with van der Waals surface area (Å²) in [6, 6.07) is 8.11. The van der Waals surface area contributed by atoms with E-state index in [9.17, 15) is 13.2 Å². The largest absolute Gasteiger partial charge is 0.340 e. The lowest BCUT2D eigenvalue weighted by Gasteiger charge is -2.41. The molecule has 0 spiro atoms. The molecule has 0 bridgehead atoms. The van der Waals surface area contributed by atoms with E-state index < -0.39 is 9.84 Å². The molecule has 1 aliphatic heterocycles. The summed E-state index contributed by atoms with van der Waals surface area (Å²) in [5.41, 5.74) is 0.988. The fourth-order valence-electron chi connectivity index (χ4n) is 3.76. The molecule has 0 radical (unpaired) electrons. The van der Waals surface area contributed by atoms with Crippen LogP contribution in [0.15, 0.2) is 29.2 Å². The lowest BCUT2D eigenvalue weighted by molar-refractivity contribution is -0.133. The lowest BCUT2D eigenvalue weighted by atomic mass is 10.0. The third-order valence-electron chi connectivity index (χ3n) is 5.33. The summed E-state index contributed by atoms with van der Waals surface area (Å²) in [4.78, 5) is 15.3. The van der Waals surface area contributed by atoms with Gasteiger partial charge in [-0.15, -0.1) is 11.8 Å². The Morgan fingerprint density at radius 2 is 1.69 bits per heavy atom. The van der Waals surface area contributed by atoms with Gasteiger partial charge < -0.3 is 4.90 Å². The highest BCUT2D eigenvalue weighted by atomic mass is 32.2. The highest BCUT2D eigenvalue weighted by Crippen LogP contribution is 2.30. The molecule has 2 aliphatic rings. The van der Waals surface area contributed by atoms with Gasteiger partial charge in [0.25, 0.3) is 0 Å². The number of thioether (sulfide) groups is 1. The molecular weight excluding hydrogens is 366 g/mol. The molecule has 6 heteroatoms. The molecular formula is C20H29NO3S2. The van der Waals surface area contributed by atoms with Crippen LogP contribution in [-0.2, 0) is 21.1 Å². The third-order valence-corrected chi connectivity index (χ3v) is 8.98. The number of amides is 1. The number of carbonyl (C=O) groups is 1. The Labute approximate surface area is 161 Å². The van der Waals surface area contributed by atoms with Crippen molar-refractivity contribution < 1.29 is 13.2 Å². The molecule has 144 valence electrons. The molecule has 1 aromatic carbocycles. The first-order valence-corrected chi connectivity index (χ1v) is 12.1. The van der Waals surface area contributed by atoms with E-state index in [1.165, 1.54) is 4.90 Å². The van der Waals surface area contributed by atoms with E-state index in [-0.39, 0.29) is 16.4 Å². The van der Waals surface area contributed by atoms with E-state index in [4.69, 9.17) is 0 Å². The summed E-state index contributed by atoms with van der Waals surface area (Å²) < 4.78 is 25.4. The van der Waals surface area contributed by atoms with Gasteiger partial charge in [0, 0.05) is 23.2 Å². The molecule has 1 aliphatic carbocycles. The van der Waals surface area contributed by atoms with Crippen LogP contribution in [0.4, 0.5) is 0 Å². The van der Waals surface area contributed by atoms with Crippen molar-refractivity contribution in [2.45, 2.75) is 73.0 Å². The van der Waals surface area contributed by atoms with Crippen molar-refractivity contribution in [2.75, 3.05) is 13.1 Å². The average molecular weight is 396 g/mol. The van der Waals surface area contributed by atoms with E-state index in [1.54, 1.807) is 16.7 Å². The number of carbonyl (C=O) groups excluding carboxylic acids is 1. The molecule has 0 aromatic heterocycles. The number of sulfone groups is 1. The van der Waals surface area contributed by atoms with Crippen LogP contribution in [0.5, 0.6) is 0 Å². The predicted octanol–water partition coefficient (Wildman–Crippen LogP) is 3.69. The molecule has 1 amide bonds. The third kappa shape index (κ3) is 4.63. The van der Waals surface area contributed by atoms with Gasteiger partial charge in [0.1, 0.15) is 0 Å². The number of likely N-dealkylation sites (tertiary alicyclic amines) is 1. The quantitative estimate of drug-likeness (QED) is 0.690. The maximum absolute atomic E-state index is 12.7. The number of benzene rings is 1. The van der Waals surface area contributed by atoms with Gasteiger partial charge in [0.2, 0.25) is 5.91 Å². The zero-order valence-electron chi connectivity index (χ0n) is 15.7. The molecule has 0 atom stereocenters. The topological polar surface area (TPSA) is 54.5 Å². The Morgan fingerprint density at radius 1 is 1.08 bits per heavy atom. The van der Waals surface area contributed by atoms with Crippen LogP contribution in [0.3, 0.4) is 0 Å². The number of nitrogens with zero attached hydrogens (tertiary/aromatic N) is 1. The smallest absolute Gasteiger partial charge is 0.227 e. The second kappa shape index (κ2) is 8.34. The van der Waals surface area contributed by atoms with Crippen molar-refractivity contribution in [3.05, 3.63) is 29.8 Å². The molecule has 0 unspecified atom stereocenters. The van der Waals surface area contributed by atoms with Gasteiger partial charge in [0.15, 0.2) is 9.84 Å². The van der Waals surface area contributed by atoms with E-state index in [0.717, 1.165) is 37.7 Å². The summed E-state index contributed by atoms with van der Waals surface area (Å²) in [5.74, 6) is 0.0318.